The van der Waals surface area contributed by atoms with E-state index in [1.54, 1.807) is 6.92 Å². The molecule has 3 rings (SSSR count). The Hall–Kier alpha value is -3.65. The molecule has 0 aliphatic heterocycles. The Morgan fingerprint density at radius 2 is 1.94 bits per heavy atom. The van der Waals surface area contributed by atoms with Crippen LogP contribution in [0.1, 0.15) is 30.0 Å². The third-order valence-corrected chi connectivity index (χ3v) is 5.31. The van der Waals surface area contributed by atoms with Crippen LogP contribution in [0.25, 0.3) is 5.69 Å². The SMILES string of the molecule is CCn1c(CO)nn(-c2cc(O[C@@H](C)C(F)(F)F)c(C(=O)Nc3c(Cl)ccc(O)c3F)cc2F)c1=O. The van der Waals surface area contributed by atoms with Crippen LogP contribution in [0.4, 0.5) is 27.6 Å². The van der Waals surface area contributed by atoms with Gasteiger partial charge in [-0.2, -0.15) is 17.9 Å². The van der Waals surface area contributed by atoms with Gasteiger partial charge < -0.3 is 20.3 Å². The molecule has 0 aliphatic carbocycles. The standard InChI is InChI=1S/C21H18ClF5N4O5/c1-3-30-16(8-32)29-31(20(30)35)13-7-15(36-9(2)21(25,26)27)10(6-12(13)23)19(34)28-18-11(22)4-5-14(33)17(18)24/h4-7,9,32-33H,3,8H2,1-2H3,(H,28,34)/t9-/m0/s1. The minimum absolute atomic E-state index is 0.0432. The Morgan fingerprint density at radius 1 is 1.28 bits per heavy atom. The Balaban J connectivity index is 2.17. The molecule has 36 heavy (non-hydrogen) atoms. The van der Waals surface area contributed by atoms with Gasteiger partial charge >= 0.3 is 11.9 Å². The average Bonchev–Trinajstić information content (AvgIpc) is 3.14. The monoisotopic (exact) mass is 536 g/mol. The smallest absolute Gasteiger partial charge is 0.425 e. The number of ether oxygens (including phenoxy) is 1. The summed E-state index contributed by atoms with van der Waals surface area (Å²) in [5.41, 5.74) is -3.12. The molecule has 3 N–H and O–H groups in total. The van der Waals surface area contributed by atoms with Crippen LogP contribution in [0.5, 0.6) is 11.5 Å². The van der Waals surface area contributed by atoms with E-state index in [0.717, 1.165) is 16.7 Å². The third kappa shape index (κ3) is 5.14. The van der Waals surface area contributed by atoms with Crippen LogP contribution in [0.2, 0.25) is 5.02 Å². The molecule has 0 spiro atoms. The van der Waals surface area contributed by atoms with Crippen LogP contribution in [0.3, 0.4) is 0 Å². The number of phenols is 1. The number of hydrogen-bond acceptors (Lipinski definition) is 6. The van der Waals surface area contributed by atoms with Crippen molar-refractivity contribution in [2.75, 3.05) is 5.32 Å². The summed E-state index contributed by atoms with van der Waals surface area (Å²) in [4.78, 5) is 25.4. The van der Waals surface area contributed by atoms with Gasteiger partial charge in [-0.25, -0.2) is 13.6 Å². The van der Waals surface area contributed by atoms with Gasteiger partial charge in [-0.3, -0.25) is 9.36 Å². The number of carbonyl (C=O) groups excluding carboxylic acids is 1. The molecule has 9 nitrogen and oxygen atoms in total. The maximum Gasteiger partial charge on any atom is 0.425 e. The first kappa shape index (κ1) is 26.9. The van der Waals surface area contributed by atoms with Crippen molar-refractivity contribution >= 4 is 23.2 Å². The summed E-state index contributed by atoms with van der Waals surface area (Å²) in [5, 5.41) is 24.3. The van der Waals surface area contributed by atoms with Crippen molar-refractivity contribution < 1.29 is 41.7 Å². The van der Waals surface area contributed by atoms with Crippen LogP contribution in [-0.4, -0.2) is 42.7 Å². The summed E-state index contributed by atoms with van der Waals surface area (Å²) in [6, 6.07) is 3.04. The molecule has 1 aromatic heterocycles. The molecule has 1 amide bonds. The fourth-order valence-corrected chi connectivity index (χ4v) is 3.30. The number of carbonyl (C=O) groups is 1. The van der Waals surface area contributed by atoms with Gasteiger partial charge in [0, 0.05) is 12.6 Å². The molecule has 0 aliphatic rings. The van der Waals surface area contributed by atoms with Gasteiger partial charge in [-0.15, -0.1) is 5.10 Å². The quantitative estimate of drug-likeness (QED) is 0.396. The van der Waals surface area contributed by atoms with Crippen LogP contribution in [0.15, 0.2) is 29.1 Å². The van der Waals surface area contributed by atoms with Gasteiger partial charge in [0.2, 0.25) is 0 Å². The van der Waals surface area contributed by atoms with E-state index in [9.17, 15) is 37.4 Å². The summed E-state index contributed by atoms with van der Waals surface area (Å²) in [5.74, 6) is -5.81. The molecule has 1 atom stereocenters. The number of anilines is 1. The second-order valence-corrected chi connectivity index (χ2v) is 7.73. The number of nitrogens with one attached hydrogen (secondary N) is 1. The zero-order valence-electron chi connectivity index (χ0n) is 18.5. The zero-order valence-corrected chi connectivity index (χ0v) is 19.3. The number of aliphatic hydroxyl groups is 1. The van der Waals surface area contributed by atoms with Crippen molar-refractivity contribution in [2.24, 2.45) is 0 Å². The number of phenolic OH excluding ortho intramolecular Hbond substituents is 1. The largest absolute Gasteiger partial charge is 0.505 e. The van der Waals surface area contributed by atoms with E-state index < -0.39 is 70.6 Å². The number of hydrogen-bond donors (Lipinski definition) is 3. The van der Waals surface area contributed by atoms with Gasteiger partial charge in [-0.1, -0.05) is 11.6 Å². The Kier molecular flexibility index (Phi) is 7.59. The molecule has 194 valence electrons. The maximum atomic E-state index is 15.1. The number of alkyl halides is 3. The van der Waals surface area contributed by atoms with E-state index in [-0.39, 0.29) is 17.4 Å². The van der Waals surface area contributed by atoms with Crippen LogP contribution in [0, 0.1) is 11.6 Å². The Morgan fingerprint density at radius 3 is 2.50 bits per heavy atom. The van der Waals surface area contributed by atoms with E-state index in [1.165, 1.54) is 0 Å². The molecule has 1 heterocycles. The van der Waals surface area contributed by atoms with Crippen LogP contribution in [-0.2, 0) is 13.2 Å². The number of rotatable bonds is 7. The first-order chi connectivity index (χ1) is 16.8. The van der Waals surface area contributed by atoms with Crippen molar-refractivity contribution in [1.82, 2.24) is 14.3 Å². The number of aliphatic hydroxyl groups excluding tert-OH is 1. The lowest BCUT2D eigenvalue weighted by Crippen LogP contribution is -2.32. The van der Waals surface area contributed by atoms with E-state index in [2.05, 4.69) is 5.10 Å². The normalized spacial score (nSPS) is 12.5. The maximum absolute atomic E-state index is 15.1. The first-order valence-corrected chi connectivity index (χ1v) is 10.5. The summed E-state index contributed by atoms with van der Waals surface area (Å²) >= 11 is 5.83. The molecule has 3 aromatic rings. The Labute approximate surface area is 204 Å². The predicted octanol–water partition coefficient (Wildman–Crippen LogP) is 3.77. The van der Waals surface area contributed by atoms with Crippen LogP contribution < -0.4 is 15.7 Å². The minimum atomic E-state index is -4.90. The molecule has 15 heteroatoms. The summed E-state index contributed by atoms with van der Waals surface area (Å²) < 4.78 is 75.2. The van der Waals surface area contributed by atoms with E-state index in [0.29, 0.717) is 23.7 Å². The van der Waals surface area contributed by atoms with Gasteiger partial charge in [0.25, 0.3) is 5.91 Å². The van der Waals surface area contributed by atoms with E-state index >= 15 is 4.39 Å². The molecule has 0 saturated heterocycles. The lowest BCUT2D eigenvalue weighted by molar-refractivity contribution is -0.189. The van der Waals surface area contributed by atoms with Gasteiger partial charge in [0.05, 0.1) is 16.3 Å². The summed E-state index contributed by atoms with van der Waals surface area (Å²) in [6.45, 7) is 1.52. The molecule has 2 aromatic carbocycles. The van der Waals surface area contributed by atoms with Gasteiger partial charge in [-0.05, 0) is 32.0 Å². The van der Waals surface area contributed by atoms with Crippen molar-refractivity contribution in [3.05, 3.63) is 62.8 Å². The first-order valence-electron chi connectivity index (χ1n) is 10.1. The highest BCUT2D eigenvalue weighted by Gasteiger charge is 2.39. The highest BCUT2D eigenvalue weighted by Crippen LogP contribution is 2.34. The highest BCUT2D eigenvalue weighted by atomic mass is 35.5. The number of benzene rings is 2. The molecular weight excluding hydrogens is 519 g/mol. The topological polar surface area (TPSA) is 119 Å². The average molecular weight is 537 g/mol. The van der Waals surface area contributed by atoms with Crippen molar-refractivity contribution in [2.45, 2.75) is 39.3 Å². The molecule has 0 bridgehead atoms. The fraction of sp³-hybridized carbons (Fsp3) is 0.286. The number of aromatic nitrogens is 3. The summed E-state index contributed by atoms with van der Waals surface area (Å²) in [6.07, 6.45) is -7.38. The minimum Gasteiger partial charge on any atom is -0.505 e. The lowest BCUT2D eigenvalue weighted by Gasteiger charge is -2.20. The zero-order chi connectivity index (χ0) is 26.9. The van der Waals surface area contributed by atoms with Crippen LogP contribution >= 0.6 is 11.6 Å². The number of nitrogens with zero attached hydrogens (tertiary/aromatic N) is 3. The summed E-state index contributed by atoms with van der Waals surface area (Å²) in [7, 11) is 0. The Bertz CT molecular complexity index is 1370. The van der Waals surface area contributed by atoms with E-state index in [1.807, 2.05) is 5.32 Å². The van der Waals surface area contributed by atoms with Crippen molar-refractivity contribution in [3.8, 4) is 17.2 Å². The predicted molar refractivity (Wildman–Crippen MR) is 117 cm³/mol. The van der Waals surface area contributed by atoms with Gasteiger partial charge in [0.1, 0.15) is 23.9 Å². The third-order valence-electron chi connectivity index (χ3n) is 4.99. The van der Waals surface area contributed by atoms with Crippen molar-refractivity contribution in [1.29, 1.82) is 0 Å². The van der Waals surface area contributed by atoms with E-state index in [4.69, 9.17) is 16.3 Å². The molecular formula is C21H18ClF5N4O5. The number of aromatic hydroxyl groups is 1. The molecule has 0 fully saturated rings. The van der Waals surface area contributed by atoms with Gasteiger partial charge in [0.15, 0.2) is 23.5 Å². The molecule has 0 radical (unpaired) electrons. The second-order valence-electron chi connectivity index (χ2n) is 7.32. The lowest BCUT2D eigenvalue weighted by atomic mass is 10.1. The highest BCUT2D eigenvalue weighted by molar-refractivity contribution is 6.34. The second kappa shape index (κ2) is 10.1. The number of halogens is 6. The molecule has 0 saturated carbocycles. The number of amides is 1. The fourth-order valence-electron chi connectivity index (χ4n) is 3.10. The van der Waals surface area contributed by atoms with Crippen molar-refractivity contribution in [3.63, 3.8) is 0 Å². The molecule has 0 unspecified atom stereocenters.